The molecule has 1 aromatic carbocycles. The van der Waals surface area contributed by atoms with Gasteiger partial charge in [0.05, 0.1) is 0 Å². The maximum atomic E-state index is 10.8. The van der Waals surface area contributed by atoms with Crippen LogP contribution in [0.1, 0.15) is 51.1 Å². The van der Waals surface area contributed by atoms with Crippen molar-refractivity contribution in [3.8, 4) is 0 Å². The summed E-state index contributed by atoms with van der Waals surface area (Å²) in [6.07, 6.45) is 5.47. The number of carbonyl (C=O) groups excluding carboxylic acids is 1. The van der Waals surface area contributed by atoms with Gasteiger partial charge in [0.1, 0.15) is 0 Å². The van der Waals surface area contributed by atoms with E-state index < -0.39 is 6.03 Å². The van der Waals surface area contributed by atoms with Crippen molar-refractivity contribution < 1.29 is 4.79 Å². The highest BCUT2D eigenvalue weighted by molar-refractivity contribution is 5.87. The van der Waals surface area contributed by atoms with Crippen molar-refractivity contribution in [2.75, 3.05) is 5.32 Å². The highest BCUT2D eigenvalue weighted by atomic mass is 16.2. The Morgan fingerprint density at radius 3 is 2.45 bits per heavy atom. The zero-order valence-electron chi connectivity index (χ0n) is 12.4. The molecule has 0 aliphatic heterocycles. The van der Waals surface area contributed by atoms with Crippen LogP contribution < -0.4 is 16.4 Å². The summed E-state index contributed by atoms with van der Waals surface area (Å²) in [6, 6.07) is 8.14. The molecular weight excluding hydrogens is 250 g/mol. The lowest BCUT2D eigenvalue weighted by molar-refractivity contribution is 0.259. The van der Waals surface area contributed by atoms with Gasteiger partial charge in [-0.2, -0.15) is 0 Å². The minimum absolute atomic E-state index is 0.313. The second kappa shape index (κ2) is 6.75. The third kappa shape index (κ3) is 4.23. The maximum Gasteiger partial charge on any atom is 0.316 e. The van der Waals surface area contributed by atoms with Gasteiger partial charge in [0.15, 0.2) is 0 Å². The lowest BCUT2D eigenvalue weighted by atomic mass is 9.81. The number of primary amides is 1. The molecule has 0 heterocycles. The first-order chi connectivity index (χ1) is 9.54. The average Bonchev–Trinajstić information content (AvgIpc) is 2.34. The normalized spacial score (nSPS) is 18.1. The molecule has 2 atom stereocenters. The van der Waals surface area contributed by atoms with Crippen LogP contribution in [0.25, 0.3) is 0 Å². The molecule has 0 spiro atoms. The highest BCUT2D eigenvalue weighted by Gasteiger charge is 2.20. The Morgan fingerprint density at radius 2 is 1.95 bits per heavy atom. The molecule has 0 saturated heterocycles. The summed E-state index contributed by atoms with van der Waals surface area (Å²) in [5.41, 5.74) is 7.05. The standard InChI is InChI=1S/C16H25N3O/c1-11(10-13-4-3-5-13)18-12(2)14-6-8-15(9-7-14)19-16(17)20/h6-9,11-13,18H,3-5,10H2,1-2H3,(H3,17,19,20). The fourth-order valence-electron chi connectivity index (χ4n) is 2.82. The number of amides is 2. The second-order valence-electron chi connectivity index (χ2n) is 5.93. The van der Waals surface area contributed by atoms with Crippen molar-refractivity contribution in [2.45, 2.75) is 51.6 Å². The third-order valence-corrected chi connectivity index (χ3v) is 4.12. The molecule has 1 aliphatic carbocycles. The number of hydrogen-bond acceptors (Lipinski definition) is 2. The SMILES string of the molecule is CC(CC1CCC1)NC(C)c1ccc(NC(N)=O)cc1. The fraction of sp³-hybridized carbons (Fsp3) is 0.562. The molecule has 1 fully saturated rings. The van der Waals surface area contributed by atoms with Crippen LogP contribution in [0.15, 0.2) is 24.3 Å². The van der Waals surface area contributed by atoms with E-state index in [-0.39, 0.29) is 0 Å². The van der Waals surface area contributed by atoms with E-state index in [9.17, 15) is 4.79 Å². The fourth-order valence-corrected chi connectivity index (χ4v) is 2.82. The van der Waals surface area contributed by atoms with E-state index in [2.05, 4.69) is 24.5 Å². The second-order valence-corrected chi connectivity index (χ2v) is 5.93. The van der Waals surface area contributed by atoms with Crippen LogP contribution in [0.2, 0.25) is 0 Å². The smallest absolute Gasteiger partial charge is 0.316 e. The summed E-state index contributed by atoms with van der Waals surface area (Å²) in [5, 5.41) is 6.21. The van der Waals surface area contributed by atoms with E-state index in [1.807, 2.05) is 24.3 Å². The van der Waals surface area contributed by atoms with Gasteiger partial charge in [-0.1, -0.05) is 31.4 Å². The molecular formula is C16H25N3O. The van der Waals surface area contributed by atoms with Crippen molar-refractivity contribution in [3.05, 3.63) is 29.8 Å². The first kappa shape index (κ1) is 14.9. The number of nitrogens with two attached hydrogens (primary N) is 1. The summed E-state index contributed by atoms with van der Waals surface area (Å²) < 4.78 is 0. The van der Waals surface area contributed by atoms with Crippen LogP contribution in [0, 0.1) is 5.92 Å². The minimum atomic E-state index is -0.530. The van der Waals surface area contributed by atoms with Crippen LogP contribution in [0.3, 0.4) is 0 Å². The molecule has 0 radical (unpaired) electrons. The minimum Gasteiger partial charge on any atom is -0.351 e. The highest BCUT2D eigenvalue weighted by Crippen LogP contribution is 2.30. The Balaban J connectivity index is 1.84. The third-order valence-electron chi connectivity index (χ3n) is 4.12. The molecule has 4 nitrogen and oxygen atoms in total. The van der Waals surface area contributed by atoms with E-state index in [1.54, 1.807) is 0 Å². The molecule has 2 rings (SSSR count). The average molecular weight is 275 g/mol. The molecule has 1 aromatic rings. The van der Waals surface area contributed by atoms with Gasteiger partial charge in [-0.15, -0.1) is 0 Å². The number of benzene rings is 1. The summed E-state index contributed by atoms with van der Waals surface area (Å²) in [7, 11) is 0. The number of urea groups is 1. The molecule has 2 unspecified atom stereocenters. The predicted octanol–water partition coefficient (Wildman–Crippen LogP) is 3.41. The monoisotopic (exact) mass is 275 g/mol. The molecule has 4 N–H and O–H groups in total. The summed E-state index contributed by atoms with van der Waals surface area (Å²) in [5.74, 6) is 0.923. The van der Waals surface area contributed by atoms with Crippen molar-refractivity contribution in [3.63, 3.8) is 0 Å². The van der Waals surface area contributed by atoms with Gasteiger partial charge in [0.2, 0.25) is 0 Å². The van der Waals surface area contributed by atoms with Crippen LogP contribution in [0.4, 0.5) is 10.5 Å². The van der Waals surface area contributed by atoms with Gasteiger partial charge in [-0.25, -0.2) is 4.79 Å². The Hall–Kier alpha value is -1.55. The van der Waals surface area contributed by atoms with Gasteiger partial charge < -0.3 is 16.4 Å². The number of nitrogens with one attached hydrogen (secondary N) is 2. The Kier molecular flexibility index (Phi) is 5.01. The maximum absolute atomic E-state index is 10.8. The van der Waals surface area contributed by atoms with E-state index in [1.165, 1.54) is 31.2 Å². The van der Waals surface area contributed by atoms with Crippen LogP contribution in [-0.2, 0) is 0 Å². The molecule has 4 heteroatoms. The zero-order chi connectivity index (χ0) is 14.5. The van der Waals surface area contributed by atoms with Crippen LogP contribution in [-0.4, -0.2) is 12.1 Å². The number of carbonyl (C=O) groups is 1. The molecule has 0 bridgehead atoms. The first-order valence-electron chi connectivity index (χ1n) is 7.47. The summed E-state index contributed by atoms with van der Waals surface area (Å²) in [4.78, 5) is 10.8. The van der Waals surface area contributed by atoms with Gasteiger partial charge in [0.25, 0.3) is 0 Å². The van der Waals surface area contributed by atoms with Crippen LogP contribution >= 0.6 is 0 Å². The van der Waals surface area contributed by atoms with Gasteiger partial charge >= 0.3 is 6.03 Å². The number of hydrogen-bond donors (Lipinski definition) is 3. The zero-order valence-corrected chi connectivity index (χ0v) is 12.4. The lowest BCUT2D eigenvalue weighted by Gasteiger charge is -2.30. The first-order valence-corrected chi connectivity index (χ1v) is 7.47. The van der Waals surface area contributed by atoms with Gasteiger partial charge in [0, 0.05) is 17.8 Å². The van der Waals surface area contributed by atoms with E-state index in [4.69, 9.17) is 5.73 Å². The predicted molar refractivity (Wildman–Crippen MR) is 82.6 cm³/mol. The lowest BCUT2D eigenvalue weighted by Crippen LogP contribution is -2.32. The van der Waals surface area contributed by atoms with Crippen molar-refractivity contribution in [2.24, 2.45) is 11.7 Å². The Bertz CT molecular complexity index is 440. The molecule has 2 amide bonds. The van der Waals surface area contributed by atoms with E-state index in [0.29, 0.717) is 12.1 Å². The topological polar surface area (TPSA) is 67.2 Å². The Morgan fingerprint density at radius 1 is 1.30 bits per heavy atom. The molecule has 1 aliphatic rings. The largest absolute Gasteiger partial charge is 0.351 e. The summed E-state index contributed by atoms with van der Waals surface area (Å²) in [6.45, 7) is 4.44. The van der Waals surface area contributed by atoms with Crippen molar-refractivity contribution in [1.82, 2.24) is 5.32 Å². The summed E-state index contributed by atoms with van der Waals surface area (Å²) >= 11 is 0. The van der Waals surface area contributed by atoms with Gasteiger partial charge in [-0.05, 0) is 43.9 Å². The molecule has 110 valence electrons. The number of rotatable bonds is 6. The molecule has 0 aromatic heterocycles. The molecule has 1 saturated carbocycles. The van der Waals surface area contributed by atoms with Crippen LogP contribution in [0.5, 0.6) is 0 Å². The van der Waals surface area contributed by atoms with Gasteiger partial charge in [-0.3, -0.25) is 0 Å². The Labute approximate surface area is 121 Å². The van der Waals surface area contributed by atoms with E-state index in [0.717, 1.165) is 11.6 Å². The van der Waals surface area contributed by atoms with E-state index >= 15 is 0 Å². The molecule has 20 heavy (non-hydrogen) atoms. The van der Waals surface area contributed by atoms with Crippen molar-refractivity contribution >= 4 is 11.7 Å². The number of anilines is 1. The quantitative estimate of drug-likeness (QED) is 0.744. The van der Waals surface area contributed by atoms with Crippen molar-refractivity contribution in [1.29, 1.82) is 0 Å².